The van der Waals surface area contributed by atoms with E-state index in [-0.39, 0.29) is 64.7 Å². The highest BCUT2D eigenvalue weighted by Crippen LogP contribution is 2.38. The van der Waals surface area contributed by atoms with Crippen molar-refractivity contribution in [2.24, 2.45) is 0 Å². The number of methoxy groups -OCH3 is 1. The standard InChI is InChI=1S/C46H52Cl2FN7O12/c1-62-36-26-34-30(43(52-27-51-34)53-33-6-5-31(47)41(48)42(33)49)25-37(36)68-28-9-13-55(14-10-28)39(58)11-15-63-17-19-65-21-23-67-24-22-66-20-18-64-16-12-50-32-4-2-3-29-40(32)46(61)56(45(29)60)35-7-8-38(57)54-44(35)59/h2-6,25-28,35,50H,7-24H2,1H3,(H,51,52,53)(H,54,57,59). The maximum atomic E-state index is 14.8. The van der Waals surface area contributed by atoms with Crippen molar-refractivity contribution in [3.63, 3.8) is 0 Å². The highest BCUT2D eigenvalue weighted by molar-refractivity contribution is 6.42. The van der Waals surface area contributed by atoms with Gasteiger partial charge in [0, 0.05) is 56.0 Å². The Morgan fingerprint density at radius 2 is 1.49 bits per heavy atom. The number of likely N-dealkylation sites (tertiary alicyclic amines) is 1. The summed E-state index contributed by atoms with van der Waals surface area (Å²) in [6, 6.07) is 10.3. The fourth-order valence-electron chi connectivity index (χ4n) is 7.79. The molecule has 0 bridgehead atoms. The molecule has 2 saturated heterocycles. The van der Waals surface area contributed by atoms with Gasteiger partial charge in [-0.2, -0.15) is 0 Å². The Bertz CT molecular complexity index is 2460. The van der Waals surface area contributed by atoms with Gasteiger partial charge in [-0.25, -0.2) is 14.4 Å². The van der Waals surface area contributed by atoms with Crippen LogP contribution >= 0.6 is 23.2 Å². The van der Waals surface area contributed by atoms with E-state index in [0.717, 1.165) is 4.90 Å². The van der Waals surface area contributed by atoms with E-state index in [9.17, 15) is 28.4 Å². The lowest BCUT2D eigenvalue weighted by Gasteiger charge is -2.32. The largest absolute Gasteiger partial charge is 0.493 e. The Morgan fingerprint density at radius 3 is 2.16 bits per heavy atom. The van der Waals surface area contributed by atoms with E-state index < -0.39 is 35.5 Å². The Balaban J connectivity index is 0.685. The monoisotopic (exact) mass is 983 g/mol. The number of rotatable bonds is 25. The Kier molecular flexibility index (Phi) is 18.1. The highest BCUT2D eigenvalue weighted by Gasteiger charge is 2.45. The van der Waals surface area contributed by atoms with Crippen molar-refractivity contribution in [3.05, 3.63) is 75.8 Å². The van der Waals surface area contributed by atoms with Gasteiger partial charge in [0.2, 0.25) is 17.7 Å². The molecule has 1 atom stereocenters. The molecule has 3 aromatic carbocycles. The number of carbonyl (C=O) groups is 5. The number of ether oxygens (including phenoxy) is 7. The second kappa shape index (κ2) is 24.5. The van der Waals surface area contributed by atoms with Crippen LogP contribution in [0.25, 0.3) is 10.9 Å². The lowest BCUT2D eigenvalue weighted by Crippen LogP contribution is -2.54. The molecule has 68 heavy (non-hydrogen) atoms. The van der Waals surface area contributed by atoms with Crippen molar-refractivity contribution in [2.45, 2.75) is 44.2 Å². The number of aromatic nitrogens is 2. The highest BCUT2D eigenvalue weighted by atomic mass is 35.5. The van der Waals surface area contributed by atoms with E-state index in [0.29, 0.717) is 126 Å². The summed E-state index contributed by atoms with van der Waals surface area (Å²) in [6.07, 6.45) is 2.79. The van der Waals surface area contributed by atoms with Gasteiger partial charge >= 0.3 is 0 Å². The van der Waals surface area contributed by atoms with Gasteiger partial charge in [-0.1, -0.05) is 29.3 Å². The predicted molar refractivity (Wildman–Crippen MR) is 246 cm³/mol. The van der Waals surface area contributed by atoms with Crippen LogP contribution in [0.3, 0.4) is 0 Å². The van der Waals surface area contributed by atoms with Crippen LogP contribution < -0.4 is 25.4 Å². The van der Waals surface area contributed by atoms with Gasteiger partial charge in [0.25, 0.3) is 11.8 Å². The fourth-order valence-corrected chi connectivity index (χ4v) is 8.10. The number of nitrogens with one attached hydrogen (secondary N) is 3. The number of fused-ring (bicyclic) bond motifs is 2. The molecule has 1 unspecified atom stereocenters. The van der Waals surface area contributed by atoms with Gasteiger partial charge in [-0.3, -0.25) is 34.2 Å². The molecule has 3 aliphatic heterocycles. The number of hydrogen-bond donors (Lipinski definition) is 3. The molecule has 5 amide bonds. The molecule has 7 rings (SSSR count). The molecule has 4 heterocycles. The number of imide groups is 2. The third-order valence-corrected chi connectivity index (χ3v) is 12.1. The number of carbonyl (C=O) groups excluding carboxylic acids is 5. The normalized spacial score (nSPS) is 16.3. The zero-order valence-corrected chi connectivity index (χ0v) is 38.8. The van der Waals surface area contributed by atoms with Crippen molar-refractivity contribution in [3.8, 4) is 11.5 Å². The molecular weight excluding hydrogens is 932 g/mol. The number of hydrogen-bond acceptors (Lipinski definition) is 16. The molecule has 1 aromatic heterocycles. The number of amides is 5. The summed E-state index contributed by atoms with van der Waals surface area (Å²) < 4.78 is 54.7. The van der Waals surface area contributed by atoms with E-state index in [1.54, 1.807) is 35.2 Å². The van der Waals surface area contributed by atoms with Crippen LogP contribution in [0.5, 0.6) is 11.5 Å². The van der Waals surface area contributed by atoms with Crippen LogP contribution in [0, 0.1) is 5.82 Å². The molecular formula is C46H52Cl2FN7O12. The van der Waals surface area contributed by atoms with Gasteiger partial charge in [-0.15, -0.1) is 0 Å². The van der Waals surface area contributed by atoms with Crippen molar-refractivity contribution >= 4 is 80.8 Å². The predicted octanol–water partition coefficient (Wildman–Crippen LogP) is 5.18. The van der Waals surface area contributed by atoms with Crippen molar-refractivity contribution in [2.75, 3.05) is 103 Å². The van der Waals surface area contributed by atoms with E-state index in [4.69, 9.17) is 56.4 Å². The molecule has 0 spiro atoms. The summed E-state index contributed by atoms with van der Waals surface area (Å²) >= 11 is 12.0. The summed E-state index contributed by atoms with van der Waals surface area (Å²) in [5, 5.41) is 8.77. The first-order valence-corrected chi connectivity index (χ1v) is 22.9. The minimum absolute atomic E-state index is 0.00118. The van der Waals surface area contributed by atoms with Crippen LogP contribution in [0.4, 0.5) is 21.6 Å². The van der Waals surface area contributed by atoms with Crippen LogP contribution in [0.15, 0.2) is 48.8 Å². The summed E-state index contributed by atoms with van der Waals surface area (Å²) in [5.74, 6) is -1.64. The molecule has 3 aliphatic rings. The van der Waals surface area contributed by atoms with E-state index >= 15 is 0 Å². The second-order valence-electron chi connectivity index (χ2n) is 15.7. The zero-order chi connectivity index (χ0) is 48.0. The number of halogens is 3. The van der Waals surface area contributed by atoms with Crippen molar-refractivity contribution in [1.82, 2.24) is 25.1 Å². The van der Waals surface area contributed by atoms with Gasteiger partial charge in [-0.05, 0) is 36.8 Å². The molecule has 364 valence electrons. The van der Waals surface area contributed by atoms with Gasteiger partial charge in [0.15, 0.2) is 17.3 Å². The van der Waals surface area contributed by atoms with E-state index in [1.807, 2.05) is 0 Å². The number of benzene rings is 3. The van der Waals surface area contributed by atoms with Crippen LogP contribution in [0.1, 0.15) is 52.8 Å². The van der Waals surface area contributed by atoms with Crippen molar-refractivity contribution < 1.29 is 61.5 Å². The van der Waals surface area contributed by atoms with Gasteiger partial charge < -0.3 is 48.7 Å². The molecule has 22 heteroatoms. The van der Waals surface area contributed by atoms with E-state index in [2.05, 4.69) is 25.9 Å². The molecule has 19 nitrogen and oxygen atoms in total. The molecule has 4 aromatic rings. The van der Waals surface area contributed by atoms with Crippen LogP contribution in [-0.2, 0) is 38.1 Å². The zero-order valence-electron chi connectivity index (χ0n) is 37.3. The third kappa shape index (κ3) is 12.7. The molecule has 0 aliphatic carbocycles. The summed E-state index contributed by atoms with van der Waals surface area (Å²) in [6.45, 7) is 4.92. The lowest BCUT2D eigenvalue weighted by molar-refractivity contribution is -0.136. The average Bonchev–Trinajstić information content (AvgIpc) is 3.59. The molecule has 0 radical (unpaired) electrons. The maximum Gasteiger partial charge on any atom is 0.264 e. The first-order chi connectivity index (χ1) is 33.0. The second-order valence-corrected chi connectivity index (χ2v) is 16.5. The number of anilines is 3. The topological polar surface area (TPSA) is 218 Å². The quantitative estimate of drug-likeness (QED) is 0.0443. The lowest BCUT2D eigenvalue weighted by atomic mass is 10.0. The Morgan fingerprint density at radius 1 is 0.809 bits per heavy atom. The van der Waals surface area contributed by atoms with E-state index in [1.165, 1.54) is 25.6 Å². The smallest absolute Gasteiger partial charge is 0.264 e. The SMILES string of the molecule is COc1cc2ncnc(Nc3ccc(Cl)c(Cl)c3F)c2cc1OC1CCN(C(=O)CCOCCOCCOCCOCCOCCNc2cccc3c2C(=O)N(C2CCC(=O)NC2=O)C3=O)CC1. The molecule has 0 saturated carbocycles. The van der Waals surface area contributed by atoms with Crippen LogP contribution in [-0.4, -0.2) is 154 Å². The Hall–Kier alpha value is -5.74. The third-order valence-electron chi connectivity index (χ3n) is 11.3. The van der Waals surface area contributed by atoms with Gasteiger partial charge in [0.05, 0.1) is 112 Å². The first-order valence-electron chi connectivity index (χ1n) is 22.2. The minimum Gasteiger partial charge on any atom is -0.493 e. The van der Waals surface area contributed by atoms with Crippen molar-refractivity contribution in [1.29, 1.82) is 0 Å². The minimum atomic E-state index is -1.03. The fraction of sp³-hybridized carbons (Fsp3) is 0.457. The van der Waals surface area contributed by atoms with Crippen LogP contribution in [0.2, 0.25) is 10.0 Å². The number of nitrogens with zero attached hydrogens (tertiary/aromatic N) is 4. The first kappa shape index (κ1) is 50.1. The summed E-state index contributed by atoms with van der Waals surface area (Å²) in [4.78, 5) is 74.4. The molecule has 3 N–H and O–H groups in total. The number of piperidine rings is 2. The van der Waals surface area contributed by atoms with Gasteiger partial charge in [0.1, 0.15) is 24.3 Å². The molecule has 2 fully saturated rings. The Labute approximate surface area is 401 Å². The summed E-state index contributed by atoms with van der Waals surface area (Å²) in [7, 11) is 1.54. The summed E-state index contributed by atoms with van der Waals surface area (Å²) in [5.41, 5.74) is 1.51. The maximum absolute atomic E-state index is 14.8. The average molecular weight is 985 g/mol.